The van der Waals surface area contributed by atoms with Crippen molar-refractivity contribution in [3.63, 3.8) is 0 Å². The first-order chi connectivity index (χ1) is 9.59. The highest BCUT2D eigenvalue weighted by molar-refractivity contribution is 5.14. The summed E-state index contributed by atoms with van der Waals surface area (Å²) in [5.74, 6) is 0. The van der Waals surface area contributed by atoms with Crippen LogP contribution >= 0.6 is 0 Å². The molecule has 112 valence electrons. The molecule has 1 aliphatic rings. The number of nitrogens with zero attached hydrogens (tertiary/aromatic N) is 1. The Morgan fingerprint density at radius 2 is 2.00 bits per heavy atom. The lowest BCUT2D eigenvalue weighted by molar-refractivity contribution is -0.148. The molecule has 20 heavy (non-hydrogen) atoms. The molecule has 0 amide bonds. The molecule has 1 aliphatic heterocycles. The Morgan fingerprint density at radius 1 is 1.25 bits per heavy atom. The normalized spacial score (nSPS) is 22.9. The molecule has 2 rings (SSSR count). The van der Waals surface area contributed by atoms with Crippen LogP contribution in [-0.2, 0) is 11.2 Å². The summed E-state index contributed by atoms with van der Waals surface area (Å²) >= 11 is 0. The van der Waals surface area contributed by atoms with E-state index in [9.17, 15) is 5.11 Å². The van der Waals surface area contributed by atoms with E-state index in [0.717, 1.165) is 26.1 Å². The monoisotopic (exact) mass is 277 g/mol. The van der Waals surface area contributed by atoms with Crippen LogP contribution in [0.2, 0.25) is 0 Å². The molecule has 0 saturated carbocycles. The maximum Gasteiger partial charge on any atom is 0.0940 e. The number of unbranched alkanes of at least 4 members (excludes halogenated alkanes) is 1. The largest absolute Gasteiger partial charge is 0.394 e. The Labute approximate surface area is 122 Å². The lowest BCUT2D eigenvalue weighted by Crippen LogP contribution is -2.53. The molecule has 1 unspecified atom stereocenters. The van der Waals surface area contributed by atoms with Crippen molar-refractivity contribution in [2.45, 2.75) is 44.8 Å². The van der Waals surface area contributed by atoms with E-state index in [0.29, 0.717) is 0 Å². The number of ether oxygens (including phenoxy) is 1. The van der Waals surface area contributed by atoms with Gasteiger partial charge < -0.3 is 9.84 Å². The quantitative estimate of drug-likeness (QED) is 0.811. The van der Waals surface area contributed by atoms with Crippen molar-refractivity contribution in [3.8, 4) is 0 Å². The number of aliphatic hydroxyl groups excluding tert-OH is 1. The van der Waals surface area contributed by atoms with E-state index in [1.54, 1.807) is 0 Å². The van der Waals surface area contributed by atoms with Crippen LogP contribution in [0.5, 0.6) is 0 Å². The second kappa shape index (κ2) is 7.21. The van der Waals surface area contributed by atoms with Crippen molar-refractivity contribution in [1.82, 2.24) is 4.90 Å². The van der Waals surface area contributed by atoms with Gasteiger partial charge in [-0.1, -0.05) is 30.3 Å². The van der Waals surface area contributed by atoms with Crippen LogP contribution in [0.15, 0.2) is 30.3 Å². The molecule has 0 bridgehead atoms. The zero-order valence-corrected chi connectivity index (χ0v) is 12.7. The molecule has 1 fully saturated rings. The average Bonchev–Trinajstić information content (AvgIpc) is 2.43. The first kappa shape index (κ1) is 15.5. The summed E-state index contributed by atoms with van der Waals surface area (Å²) in [5, 5.41) is 9.31. The van der Waals surface area contributed by atoms with Gasteiger partial charge in [0, 0.05) is 13.1 Å². The lowest BCUT2D eigenvalue weighted by Gasteiger charge is -2.42. The van der Waals surface area contributed by atoms with Crippen molar-refractivity contribution >= 4 is 0 Å². The molecule has 1 heterocycles. The van der Waals surface area contributed by atoms with E-state index in [1.165, 1.54) is 18.4 Å². The summed E-state index contributed by atoms with van der Waals surface area (Å²) < 4.78 is 5.84. The minimum Gasteiger partial charge on any atom is -0.394 e. The summed E-state index contributed by atoms with van der Waals surface area (Å²) in [5.41, 5.74) is 1.27. The third kappa shape index (κ3) is 4.89. The van der Waals surface area contributed by atoms with E-state index in [2.05, 4.69) is 49.1 Å². The Kier molecular flexibility index (Phi) is 5.58. The topological polar surface area (TPSA) is 32.7 Å². The fourth-order valence-corrected chi connectivity index (χ4v) is 2.99. The number of aryl methyl sites for hydroxylation is 1. The summed E-state index contributed by atoms with van der Waals surface area (Å²) in [6.07, 6.45) is 3.53. The standard InChI is InChI=1S/C17H27NO2/c1-17(2)14-18(12-16(13-19)20-17)11-7-6-10-15-8-4-3-5-9-15/h3-5,8-9,16,19H,6-7,10-14H2,1-2H3. The Hall–Kier alpha value is -0.900. The number of hydrogen-bond acceptors (Lipinski definition) is 3. The summed E-state index contributed by atoms with van der Waals surface area (Å²) in [6, 6.07) is 10.7. The van der Waals surface area contributed by atoms with E-state index in [4.69, 9.17) is 4.74 Å². The van der Waals surface area contributed by atoms with Crippen molar-refractivity contribution in [3.05, 3.63) is 35.9 Å². The second-order valence-electron chi connectivity index (χ2n) is 6.36. The van der Waals surface area contributed by atoms with Gasteiger partial charge in [0.15, 0.2) is 0 Å². The lowest BCUT2D eigenvalue weighted by atomic mass is 10.0. The van der Waals surface area contributed by atoms with Gasteiger partial charge in [-0.25, -0.2) is 0 Å². The maximum absolute atomic E-state index is 9.31. The molecule has 1 N–H and O–H groups in total. The molecular formula is C17H27NO2. The highest BCUT2D eigenvalue weighted by Gasteiger charge is 2.32. The van der Waals surface area contributed by atoms with Crippen molar-refractivity contribution in [2.75, 3.05) is 26.2 Å². The zero-order chi connectivity index (χ0) is 14.4. The smallest absolute Gasteiger partial charge is 0.0940 e. The Balaban J connectivity index is 1.71. The predicted octanol–water partition coefficient (Wildman–Crippen LogP) is 2.48. The molecule has 3 heteroatoms. The van der Waals surface area contributed by atoms with Crippen LogP contribution in [0.1, 0.15) is 32.3 Å². The first-order valence-electron chi connectivity index (χ1n) is 7.64. The second-order valence-corrected chi connectivity index (χ2v) is 6.36. The van der Waals surface area contributed by atoms with Crippen LogP contribution in [-0.4, -0.2) is 48.0 Å². The number of rotatable bonds is 6. The number of morpholine rings is 1. The summed E-state index contributed by atoms with van der Waals surface area (Å²) in [6.45, 7) is 7.22. The van der Waals surface area contributed by atoms with Crippen LogP contribution in [0.4, 0.5) is 0 Å². The van der Waals surface area contributed by atoms with Gasteiger partial charge in [-0.2, -0.15) is 0 Å². The van der Waals surface area contributed by atoms with Gasteiger partial charge in [-0.3, -0.25) is 4.90 Å². The molecule has 1 atom stereocenters. The van der Waals surface area contributed by atoms with E-state index in [1.807, 2.05) is 0 Å². The Bertz CT molecular complexity index is 391. The number of hydrogen-bond donors (Lipinski definition) is 1. The first-order valence-corrected chi connectivity index (χ1v) is 7.64. The summed E-state index contributed by atoms with van der Waals surface area (Å²) in [7, 11) is 0. The molecular weight excluding hydrogens is 250 g/mol. The molecule has 0 spiro atoms. The van der Waals surface area contributed by atoms with Crippen LogP contribution in [0.25, 0.3) is 0 Å². The molecule has 1 saturated heterocycles. The van der Waals surface area contributed by atoms with E-state index < -0.39 is 0 Å². The highest BCUT2D eigenvalue weighted by Crippen LogP contribution is 2.21. The molecule has 1 aromatic carbocycles. The fourth-order valence-electron chi connectivity index (χ4n) is 2.99. The van der Waals surface area contributed by atoms with Gasteiger partial charge in [0.05, 0.1) is 18.3 Å². The third-order valence-electron chi connectivity index (χ3n) is 3.79. The molecule has 1 aromatic rings. The molecule has 0 radical (unpaired) electrons. The fraction of sp³-hybridized carbons (Fsp3) is 0.647. The van der Waals surface area contributed by atoms with Crippen LogP contribution in [0, 0.1) is 0 Å². The van der Waals surface area contributed by atoms with E-state index >= 15 is 0 Å². The third-order valence-corrected chi connectivity index (χ3v) is 3.79. The predicted molar refractivity (Wildman–Crippen MR) is 81.9 cm³/mol. The van der Waals surface area contributed by atoms with Crippen molar-refractivity contribution < 1.29 is 9.84 Å². The van der Waals surface area contributed by atoms with Gasteiger partial charge in [-0.15, -0.1) is 0 Å². The summed E-state index contributed by atoms with van der Waals surface area (Å²) in [4.78, 5) is 2.43. The van der Waals surface area contributed by atoms with Gasteiger partial charge in [0.1, 0.15) is 0 Å². The van der Waals surface area contributed by atoms with Gasteiger partial charge in [-0.05, 0) is 45.2 Å². The van der Waals surface area contributed by atoms with Crippen molar-refractivity contribution in [2.24, 2.45) is 0 Å². The van der Waals surface area contributed by atoms with Crippen LogP contribution in [0.3, 0.4) is 0 Å². The van der Waals surface area contributed by atoms with Crippen molar-refractivity contribution in [1.29, 1.82) is 0 Å². The molecule has 0 aromatic heterocycles. The highest BCUT2D eigenvalue weighted by atomic mass is 16.5. The SMILES string of the molecule is CC1(C)CN(CCCCc2ccccc2)CC(CO)O1. The minimum atomic E-state index is -0.148. The van der Waals surface area contributed by atoms with E-state index in [-0.39, 0.29) is 18.3 Å². The van der Waals surface area contributed by atoms with Gasteiger partial charge in [0.2, 0.25) is 0 Å². The minimum absolute atomic E-state index is 0.0344. The molecule has 0 aliphatic carbocycles. The maximum atomic E-state index is 9.31. The van der Waals surface area contributed by atoms with Gasteiger partial charge in [0.25, 0.3) is 0 Å². The average molecular weight is 277 g/mol. The Morgan fingerprint density at radius 3 is 2.70 bits per heavy atom. The number of benzene rings is 1. The van der Waals surface area contributed by atoms with Gasteiger partial charge >= 0.3 is 0 Å². The number of aliphatic hydroxyl groups is 1. The molecule has 3 nitrogen and oxygen atoms in total. The zero-order valence-electron chi connectivity index (χ0n) is 12.7. The van der Waals surface area contributed by atoms with Crippen LogP contribution < -0.4 is 0 Å².